The Morgan fingerprint density at radius 1 is 1.38 bits per heavy atom. The molecule has 2 rings (SSSR count). The molecule has 1 aromatic rings. The molecule has 0 saturated carbocycles. The van der Waals surface area contributed by atoms with Crippen molar-refractivity contribution in [1.29, 1.82) is 0 Å². The molecule has 0 N–H and O–H groups in total. The van der Waals surface area contributed by atoms with Gasteiger partial charge in [-0.2, -0.15) is 0 Å². The van der Waals surface area contributed by atoms with Crippen molar-refractivity contribution in [3.63, 3.8) is 0 Å². The second kappa shape index (κ2) is 7.36. The molecule has 0 bridgehead atoms. The van der Waals surface area contributed by atoms with Crippen molar-refractivity contribution in [2.45, 2.75) is 33.2 Å². The number of carbonyl (C=O) groups is 1. The first-order valence-corrected chi connectivity index (χ1v) is 7.73. The van der Waals surface area contributed by atoms with Gasteiger partial charge in [-0.05, 0) is 31.9 Å². The summed E-state index contributed by atoms with van der Waals surface area (Å²) >= 11 is 0. The van der Waals surface area contributed by atoms with Crippen molar-refractivity contribution in [2.24, 2.45) is 0 Å². The van der Waals surface area contributed by atoms with Gasteiger partial charge in [0.05, 0.1) is 0 Å². The quantitative estimate of drug-likeness (QED) is 0.799. The zero-order chi connectivity index (χ0) is 15.2. The predicted octanol–water partition coefficient (Wildman–Crippen LogP) is 2.64. The molecule has 1 aliphatic heterocycles. The van der Waals surface area contributed by atoms with Crippen LogP contribution in [-0.4, -0.2) is 46.9 Å². The van der Waals surface area contributed by atoms with Gasteiger partial charge >= 0.3 is 0 Å². The fraction of sp³-hybridized carbons (Fsp3) is 0.529. The van der Waals surface area contributed by atoms with Gasteiger partial charge in [0.25, 0.3) is 0 Å². The van der Waals surface area contributed by atoms with E-state index in [2.05, 4.69) is 29.8 Å². The molecule has 1 fully saturated rings. The Kier molecular flexibility index (Phi) is 5.51. The summed E-state index contributed by atoms with van der Waals surface area (Å²) in [5, 5.41) is 0. The van der Waals surface area contributed by atoms with Crippen LogP contribution in [0, 0.1) is 0 Å². The number of allylic oxidation sites excluding steroid dienone is 1. The van der Waals surface area contributed by atoms with E-state index in [0.717, 1.165) is 38.2 Å². The first-order valence-electron chi connectivity index (χ1n) is 7.73. The molecule has 21 heavy (non-hydrogen) atoms. The maximum Gasteiger partial charge on any atom is 0.249 e. The topological polar surface area (TPSA) is 36.4 Å². The molecule has 0 spiro atoms. The zero-order valence-corrected chi connectivity index (χ0v) is 13.2. The fourth-order valence-corrected chi connectivity index (χ4v) is 2.79. The summed E-state index contributed by atoms with van der Waals surface area (Å²) in [5.74, 6) is 0.186. The highest BCUT2D eigenvalue weighted by Gasteiger charge is 2.25. The van der Waals surface area contributed by atoms with Crippen molar-refractivity contribution in [1.82, 2.24) is 14.8 Å². The Morgan fingerprint density at radius 2 is 2.10 bits per heavy atom. The smallest absolute Gasteiger partial charge is 0.249 e. The number of hydrogen-bond donors (Lipinski definition) is 0. The van der Waals surface area contributed by atoms with E-state index in [4.69, 9.17) is 0 Å². The molecule has 1 saturated heterocycles. The lowest BCUT2D eigenvalue weighted by Crippen LogP contribution is -2.49. The van der Waals surface area contributed by atoms with Gasteiger partial charge in [-0.15, -0.1) is 0 Å². The largest absolute Gasteiger partial charge is 0.336 e. The molecule has 1 amide bonds. The van der Waals surface area contributed by atoms with Crippen LogP contribution in [0.2, 0.25) is 0 Å². The second-order valence-electron chi connectivity index (χ2n) is 5.59. The molecule has 4 nitrogen and oxygen atoms in total. The van der Waals surface area contributed by atoms with E-state index in [0.29, 0.717) is 6.04 Å². The van der Waals surface area contributed by atoms with Gasteiger partial charge in [0.2, 0.25) is 5.91 Å². The van der Waals surface area contributed by atoms with Crippen LogP contribution in [0.25, 0.3) is 0 Å². The Balaban J connectivity index is 1.91. The zero-order valence-electron chi connectivity index (χ0n) is 13.2. The van der Waals surface area contributed by atoms with E-state index in [1.165, 1.54) is 5.56 Å². The molecule has 1 unspecified atom stereocenters. The summed E-state index contributed by atoms with van der Waals surface area (Å²) in [4.78, 5) is 20.8. The average Bonchev–Trinajstić information content (AvgIpc) is 2.54. The number of piperazine rings is 1. The van der Waals surface area contributed by atoms with Gasteiger partial charge in [0.1, 0.15) is 0 Å². The first-order chi connectivity index (χ1) is 10.1. The fourth-order valence-electron chi connectivity index (χ4n) is 2.79. The van der Waals surface area contributed by atoms with Gasteiger partial charge in [-0.3, -0.25) is 14.7 Å². The third-order valence-corrected chi connectivity index (χ3v) is 4.16. The second-order valence-corrected chi connectivity index (χ2v) is 5.59. The lowest BCUT2D eigenvalue weighted by atomic mass is 10.1. The van der Waals surface area contributed by atoms with Crippen molar-refractivity contribution < 1.29 is 4.79 Å². The van der Waals surface area contributed by atoms with Crippen LogP contribution < -0.4 is 0 Å². The minimum absolute atomic E-state index is 0.186. The molecule has 0 aliphatic carbocycles. The highest BCUT2D eigenvalue weighted by atomic mass is 16.2. The van der Waals surface area contributed by atoms with Crippen molar-refractivity contribution in [3.8, 4) is 0 Å². The highest BCUT2D eigenvalue weighted by molar-refractivity contribution is 5.92. The maximum atomic E-state index is 12.3. The number of aromatic nitrogens is 1. The van der Waals surface area contributed by atoms with E-state index in [1.807, 2.05) is 30.2 Å². The summed E-state index contributed by atoms with van der Waals surface area (Å²) in [6.45, 7) is 9.62. The molecule has 2 heterocycles. The molecular formula is C17H25N3O. The van der Waals surface area contributed by atoms with Crippen LogP contribution in [0.15, 0.2) is 36.2 Å². The van der Waals surface area contributed by atoms with Gasteiger partial charge in [-0.1, -0.05) is 19.1 Å². The lowest BCUT2D eigenvalue weighted by molar-refractivity contribution is -0.129. The number of nitrogens with zero attached hydrogens (tertiary/aromatic N) is 3. The van der Waals surface area contributed by atoms with Gasteiger partial charge in [-0.25, -0.2) is 0 Å². The number of hydrogen-bond acceptors (Lipinski definition) is 3. The number of rotatable bonds is 4. The minimum atomic E-state index is 0.186. The van der Waals surface area contributed by atoms with E-state index in [1.54, 1.807) is 6.20 Å². The molecule has 1 aromatic heterocycles. The molecular weight excluding hydrogens is 262 g/mol. The Morgan fingerprint density at radius 3 is 2.67 bits per heavy atom. The highest BCUT2D eigenvalue weighted by Crippen LogP contribution is 2.21. The number of carbonyl (C=O) groups excluding carboxylic acids is 1. The van der Waals surface area contributed by atoms with Gasteiger partial charge in [0.15, 0.2) is 0 Å². The van der Waals surface area contributed by atoms with Crippen LogP contribution in [0.4, 0.5) is 0 Å². The van der Waals surface area contributed by atoms with Crippen LogP contribution in [0.3, 0.4) is 0 Å². The maximum absolute atomic E-state index is 12.3. The average molecular weight is 287 g/mol. The predicted molar refractivity (Wildman–Crippen MR) is 84.9 cm³/mol. The van der Waals surface area contributed by atoms with E-state index in [-0.39, 0.29) is 5.91 Å². The molecule has 4 heteroatoms. The molecule has 1 atom stereocenters. The normalized spacial score (nSPS) is 18.6. The number of amides is 1. The van der Waals surface area contributed by atoms with Crippen LogP contribution in [0.5, 0.6) is 0 Å². The van der Waals surface area contributed by atoms with Crippen LogP contribution >= 0.6 is 0 Å². The lowest BCUT2D eigenvalue weighted by Gasteiger charge is -2.38. The van der Waals surface area contributed by atoms with E-state index >= 15 is 0 Å². The molecule has 0 aromatic carbocycles. The molecule has 0 radical (unpaired) electrons. The Bertz CT molecular complexity index is 490. The third-order valence-electron chi connectivity index (χ3n) is 4.16. The third kappa shape index (κ3) is 3.91. The Labute approximate surface area is 127 Å². The van der Waals surface area contributed by atoms with Gasteiger partial charge < -0.3 is 4.90 Å². The summed E-state index contributed by atoms with van der Waals surface area (Å²) in [7, 11) is 0. The minimum Gasteiger partial charge on any atom is -0.336 e. The SMILES string of the molecule is CC/C=C(\C)C(=O)N1CCN(C(C)c2cccnc2)CC1. The molecule has 114 valence electrons. The molecule has 1 aliphatic rings. The first kappa shape index (κ1) is 15.7. The standard InChI is InChI=1S/C17H25N3O/c1-4-6-14(2)17(21)20-11-9-19(10-12-20)15(3)16-7-5-8-18-13-16/h5-8,13,15H,4,9-12H2,1-3H3/b14-6+. The van der Waals surface area contributed by atoms with Crippen LogP contribution in [0.1, 0.15) is 38.8 Å². The Hall–Kier alpha value is -1.68. The number of pyridine rings is 1. The summed E-state index contributed by atoms with van der Waals surface area (Å²) in [6.07, 6.45) is 6.65. The van der Waals surface area contributed by atoms with E-state index < -0.39 is 0 Å². The van der Waals surface area contributed by atoms with Crippen LogP contribution in [-0.2, 0) is 4.79 Å². The van der Waals surface area contributed by atoms with Crippen molar-refractivity contribution >= 4 is 5.91 Å². The monoisotopic (exact) mass is 287 g/mol. The van der Waals surface area contributed by atoms with E-state index in [9.17, 15) is 4.79 Å². The summed E-state index contributed by atoms with van der Waals surface area (Å²) in [5.41, 5.74) is 2.10. The van der Waals surface area contributed by atoms with Crippen molar-refractivity contribution in [2.75, 3.05) is 26.2 Å². The van der Waals surface area contributed by atoms with Gasteiger partial charge in [0, 0.05) is 50.2 Å². The summed E-state index contributed by atoms with van der Waals surface area (Å²) < 4.78 is 0. The summed E-state index contributed by atoms with van der Waals surface area (Å²) in [6, 6.07) is 4.44. The van der Waals surface area contributed by atoms with Crippen molar-refractivity contribution in [3.05, 3.63) is 41.7 Å².